The molecule has 0 atom stereocenters. The van der Waals surface area contributed by atoms with E-state index in [2.05, 4.69) is 15.5 Å². The van der Waals surface area contributed by atoms with Crippen LogP contribution in [0.25, 0.3) is 22.6 Å². The molecule has 6 nitrogen and oxygen atoms in total. The Labute approximate surface area is 181 Å². The maximum atomic E-state index is 13.9. The zero-order valence-electron chi connectivity index (χ0n) is 16.2. The van der Waals surface area contributed by atoms with Crippen LogP contribution in [0.5, 0.6) is 0 Å². The minimum atomic E-state index is -0.585. The largest absolute Gasteiger partial charge is 0.453 e. The number of carbonyl (C=O) groups is 1. The molecule has 2 aromatic heterocycles. The highest BCUT2D eigenvalue weighted by atomic mass is 35.5. The lowest BCUT2D eigenvalue weighted by molar-refractivity contribution is -0.113. The molecule has 9 heteroatoms. The molecule has 0 saturated heterocycles. The van der Waals surface area contributed by atoms with Gasteiger partial charge in [0.05, 0.1) is 11.4 Å². The molecule has 2 aromatic carbocycles. The topological polar surface area (TPSA) is 73.0 Å². The Morgan fingerprint density at radius 1 is 1.23 bits per heavy atom. The van der Waals surface area contributed by atoms with Crippen molar-refractivity contribution in [1.29, 1.82) is 0 Å². The number of benzene rings is 2. The normalized spacial score (nSPS) is 11.4. The van der Waals surface area contributed by atoms with Crippen LogP contribution in [0.15, 0.2) is 58.1 Å². The van der Waals surface area contributed by atoms with Gasteiger partial charge in [-0.3, -0.25) is 9.36 Å². The number of nitrogens with zero attached hydrogens (tertiary/aromatic N) is 3. The number of amides is 1. The molecule has 2 heterocycles. The number of hydrogen-bond donors (Lipinski definition) is 1. The highest BCUT2D eigenvalue weighted by Gasteiger charge is 2.20. The standard InChI is InChI=1S/C21H18ClFN4O2S/c1-12(2)27-20(18-9-13-5-3-4-6-17(13)29-18)25-26-21(27)30-11-19(28)24-16-8-7-14(22)10-15(16)23/h3-10,12H,11H2,1-2H3,(H,24,28). The van der Waals surface area contributed by atoms with E-state index in [1.165, 1.54) is 23.9 Å². The van der Waals surface area contributed by atoms with Crippen molar-refractivity contribution in [1.82, 2.24) is 14.8 Å². The van der Waals surface area contributed by atoms with Gasteiger partial charge in [-0.25, -0.2) is 4.39 Å². The van der Waals surface area contributed by atoms with Gasteiger partial charge >= 0.3 is 0 Å². The summed E-state index contributed by atoms with van der Waals surface area (Å²) in [5.74, 6) is 0.306. The first-order valence-electron chi connectivity index (χ1n) is 9.24. The summed E-state index contributed by atoms with van der Waals surface area (Å²) < 4.78 is 21.7. The van der Waals surface area contributed by atoms with Gasteiger partial charge in [0.1, 0.15) is 11.4 Å². The third kappa shape index (κ3) is 4.20. The average molecular weight is 445 g/mol. The Morgan fingerprint density at radius 2 is 2.03 bits per heavy atom. The maximum Gasteiger partial charge on any atom is 0.234 e. The van der Waals surface area contributed by atoms with Crippen molar-refractivity contribution in [3.63, 3.8) is 0 Å². The number of rotatable bonds is 6. The molecule has 0 aliphatic carbocycles. The third-order valence-corrected chi connectivity index (χ3v) is 5.54. The number of halogens is 2. The lowest BCUT2D eigenvalue weighted by Crippen LogP contribution is -2.16. The van der Waals surface area contributed by atoms with Crippen LogP contribution in [0.4, 0.5) is 10.1 Å². The van der Waals surface area contributed by atoms with Gasteiger partial charge in [0, 0.05) is 16.5 Å². The molecule has 4 rings (SSSR count). The average Bonchev–Trinajstić information content (AvgIpc) is 3.32. The minimum absolute atomic E-state index is 0.0440. The van der Waals surface area contributed by atoms with Gasteiger partial charge < -0.3 is 9.73 Å². The number of fused-ring (bicyclic) bond motifs is 1. The molecule has 0 unspecified atom stereocenters. The summed E-state index contributed by atoms with van der Waals surface area (Å²) in [6, 6.07) is 13.8. The van der Waals surface area contributed by atoms with Crippen LogP contribution in [-0.4, -0.2) is 26.4 Å². The fraction of sp³-hybridized carbons (Fsp3) is 0.190. The molecule has 0 aliphatic rings. The fourth-order valence-electron chi connectivity index (χ4n) is 3.01. The van der Waals surface area contributed by atoms with Crippen LogP contribution in [0.2, 0.25) is 5.02 Å². The highest BCUT2D eigenvalue weighted by molar-refractivity contribution is 7.99. The van der Waals surface area contributed by atoms with Crippen LogP contribution in [0, 0.1) is 5.82 Å². The number of nitrogens with one attached hydrogen (secondary N) is 1. The number of anilines is 1. The predicted octanol–water partition coefficient (Wildman–Crippen LogP) is 5.80. The van der Waals surface area contributed by atoms with Crippen LogP contribution < -0.4 is 5.32 Å². The van der Waals surface area contributed by atoms with E-state index in [0.29, 0.717) is 16.7 Å². The van der Waals surface area contributed by atoms with E-state index in [0.717, 1.165) is 17.0 Å². The van der Waals surface area contributed by atoms with Crippen LogP contribution in [0.3, 0.4) is 0 Å². The first-order chi connectivity index (χ1) is 14.4. The molecule has 30 heavy (non-hydrogen) atoms. The molecule has 1 amide bonds. The summed E-state index contributed by atoms with van der Waals surface area (Å²) in [5.41, 5.74) is 0.850. The van der Waals surface area contributed by atoms with Gasteiger partial charge in [0.2, 0.25) is 11.7 Å². The molecule has 0 radical (unpaired) electrons. The smallest absolute Gasteiger partial charge is 0.234 e. The molecule has 1 N–H and O–H groups in total. The van der Waals surface area contributed by atoms with Crippen LogP contribution in [-0.2, 0) is 4.79 Å². The molecule has 0 saturated carbocycles. The number of aromatic nitrogens is 3. The second-order valence-electron chi connectivity index (χ2n) is 6.88. The van der Waals surface area contributed by atoms with E-state index in [4.69, 9.17) is 16.0 Å². The zero-order valence-corrected chi connectivity index (χ0v) is 17.8. The van der Waals surface area contributed by atoms with Crippen LogP contribution in [0.1, 0.15) is 19.9 Å². The van der Waals surface area contributed by atoms with Crippen molar-refractivity contribution in [2.45, 2.75) is 25.0 Å². The van der Waals surface area contributed by atoms with E-state index in [1.807, 2.05) is 48.7 Å². The number of hydrogen-bond acceptors (Lipinski definition) is 5. The van der Waals surface area contributed by atoms with Gasteiger partial charge in [-0.05, 0) is 44.2 Å². The molecule has 0 bridgehead atoms. The highest BCUT2D eigenvalue weighted by Crippen LogP contribution is 2.31. The zero-order chi connectivity index (χ0) is 21.3. The molecule has 0 fully saturated rings. The van der Waals surface area contributed by atoms with Crippen molar-refractivity contribution >= 4 is 45.9 Å². The lowest BCUT2D eigenvalue weighted by atomic mass is 10.2. The molecule has 0 aliphatic heterocycles. The minimum Gasteiger partial charge on any atom is -0.453 e. The maximum absolute atomic E-state index is 13.9. The van der Waals surface area contributed by atoms with Crippen molar-refractivity contribution in [2.75, 3.05) is 11.1 Å². The van der Waals surface area contributed by atoms with Crippen molar-refractivity contribution in [2.24, 2.45) is 0 Å². The second kappa shape index (κ2) is 8.49. The summed E-state index contributed by atoms with van der Waals surface area (Å²) in [5, 5.41) is 12.9. The van der Waals surface area contributed by atoms with E-state index in [-0.39, 0.29) is 28.4 Å². The molecule has 0 spiro atoms. The van der Waals surface area contributed by atoms with Gasteiger partial charge in [-0.2, -0.15) is 0 Å². The monoisotopic (exact) mass is 444 g/mol. The summed E-state index contributed by atoms with van der Waals surface area (Å²) in [4.78, 5) is 12.3. The molecule has 154 valence electrons. The summed E-state index contributed by atoms with van der Waals surface area (Å²) in [6.07, 6.45) is 0. The van der Waals surface area contributed by atoms with Gasteiger partial charge in [-0.15, -0.1) is 10.2 Å². The van der Waals surface area contributed by atoms with E-state index in [9.17, 15) is 9.18 Å². The van der Waals surface area contributed by atoms with E-state index < -0.39 is 5.82 Å². The summed E-state index contributed by atoms with van der Waals surface area (Å²) in [7, 11) is 0. The van der Waals surface area contributed by atoms with Gasteiger partial charge in [0.15, 0.2) is 10.9 Å². The van der Waals surface area contributed by atoms with Gasteiger partial charge in [0.25, 0.3) is 0 Å². The Morgan fingerprint density at radius 3 is 2.77 bits per heavy atom. The second-order valence-corrected chi connectivity index (χ2v) is 8.26. The van der Waals surface area contributed by atoms with E-state index in [1.54, 1.807) is 0 Å². The lowest BCUT2D eigenvalue weighted by Gasteiger charge is -2.12. The van der Waals surface area contributed by atoms with E-state index >= 15 is 0 Å². The number of carbonyl (C=O) groups excluding carboxylic acids is 1. The summed E-state index contributed by atoms with van der Waals surface area (Å²) >= 11 is 6.96. The van der Waals surface area contributed by atoms with Crippen LogP contribution >= 0.6 is 23.4 Å². The molecule has 4 aromatic rings. The third-order valence-electron chi connectivity index (χ3n) is 4.36. The first kappa shape index (κ1) is 20.4. The van der Waals surface area contributed by atoms with Crippen molar-refractivity contribution in [3.8, 4) is 11.6 Å². The SMILES string of the molecule is CC(C)n1c(SCC(=O)Nc2ccc(Cl)cc2F)nnc1-c1cc2ccccc2o1. The quantitative estimate of drug-likeness (QED) is 0.381. The number of para-hydroxylation sites is 1. The first-order valence-corrected chi connectivity index (χ1v) is 10.6. The Bertz CT molecular complexity index is 1190. The van der Waals surface area contributed by atoms with Gasteiger partial charge in [-0.1, -0.05) is 41.6 Å². The van der Waals surface area contributed by atoms with Crippen molar-refractivity contribution < 1.29 is 13.6 Å². The fourth-order valence-corrected chi connectivity index (χ4v) is 4.03. The van der Waals surface area contributed by atoms with Crippen molar-refractivity contribution in [3.05, 3.63) is 59.4 Å². The Kier molecular flexibility index (Phi) is 5.78. The predicted molar refractivity (Wildman–Crippen MR) is 116 cm³/mol. The summed E-state index contributed by atoms with van der Waals surface area (Å²) in [6.45, 7) is 4.01. The number of thioether (sulfide) groups is 1. The molecular weight excluding hydrogens is 427 g/mol. The Hall–Kier alpha value is -2.84. The molecular formula is C21H18ClFN4O2S. The Balaban J connectivity index is 1.52. The number of furan rings is 1.